The Hall–Kier alpha value is -4.04. The Bertz CT molecular complexity index is 1760. The highest BCUT2D eigenvalue weighted by atomic mass is 16.5. The number of nitrogens with two attached hydrogens (primary N) is 1. The lowest BCUT2D eigenvalue weighted by Gasteiger charge is -2.39. The molecule has 0 aliphatic carbocycles. The lowest BCUT2D eigenvalue weighted by Crippen LogP contribution is -2.43. The van der Waals surface area contributed by atoms with E-state index >= 15 is 0 Å². The van der Waals surface area contributed by atoms with Gasteiger partial charge in [-0.1, -0.05) is 68.3 Å². The Balaban J connectivity index is 1.33. The molecule has 1 unspecified atom stereocenters. The fourth-order valence-electron chi connectivity index (χ4n) is 7.56. The number of aliphatic hydroxyl groups is 1. The third-order valence-corrected chi connectivity index (χ3v) is 10.1. The molecule has 7 heteroatoms. The number of fused-ring (bicyclic) bond motifs is 7. The van der Waals surface area contributed by atoms with Crippen molar-refractivity contribution in [1.29, 1.82) is 0 Å². The molecule has 1 saturated heterocycles. The number of aromatic nitrogens is 1. The monoisotopic (exact) mass is 633 g/mol. The Kier molecular flexibility index (Phi) is 9.39. The Labute approximate surface area is 277 Å². The molecular weight excluding hydrogens is 586 g/mol. The molecule has 7 nitrogen and oxygen atoms in total. The molecule has 3 aliphatic heterocycles. The molecule has 0 radical (unpaired) electrons. The van der Waals surface area contributed by atoms with Crippen LogP contribution in [0.4, 0.5) is 0 Å². The first kappa shape index (κ1) is 31.6. The molecular formula is C40H47N3O4. The second-order valence-electron chi connectivity index (χ2n) is 13.6. The van der Waals surface area contributed by atoms with Gasteiger partial charge < -0.3 is 35.3 Å². The van der Waals surface area contributed by atoms with Gasteiger partial charge in [0.05, 0.1) is 24.5 Å². The largest absolute Gasteiger partial charge is 0.504 e. The number of unbranched alkanes of at least 4 members (excludes halogenated alkanes) is 1. The van der Waals surface area contributed by atoms with Gasteiger partial charge in [-0.3, -0.25) is 0 Å². The fourth-order valence-corrected chi connectivity index (χ4v) is 7.56. The van der Waals surface area contributed by atoms with Crippen LogP contribution in [0.15, 0.2) is 90.8 Å². The summed E-state index contributed by atoms with van der Waals surface area (Å²) in [5.74, 6) is 1.91. The van der Waals surface area contributed by atoms with Gasteiger partial charge in [0, 0.05) is 28.7 Å². The van der Waals surface area contributed by atoms with Crippen molar-refractivity contribution in [3.63, 3.8) is 0 Å². The van der Waals surface area contributed by atoms with Crippen LogP contribution in [0.25, 0.3) is 16.6 Å². The van der Waals surface area contributed by atoms with Gasteiger partial charge >= 0.3 is 0 Å². The number of dihydropyridines is 1. The zero-order valence-electron chi connectivity index (χ0n) is 27.3. The molecule has 5 atom stereocenters. The first-order chi connectivity index (χ1) is 22.9. The van der Waals surface area contributed by atoms with E-state index in [-0.39, 0.29) is 24.1 Å². The van der Waals surface area contributed by atoms with E-state index in [2.05, 4.69) is 71.7 Å². The van der Waals surface area contributed by atoms with Crippen molar-refractivity contribution >= 4 is 16.6 Å². The van der Waals surface area contributed by atoms with Gasteiger partial charge in [0.2, 0.25) is 0 Å². The van der Waals surface area contributed by atoms with Crippen molar-refractivity contribution < 1.29 is 19.7 Å². The van der Waals surface area contributed by atoms with Gasteiger partial charge in [-0.2, -0.15) is 0 Å². The molecule has 4 aromatic rings. The molecule has 6 bridgehead atoms. The van der Waals surface area contributed by atoms with Gasteiger partial charge in [-0.25, -0.2) is 0 Å². The number of aromatic hydroxyl groups is 1. The van der Waals surface area contributed by atoms with Crippen LogP contribution in [0.1, 0.15) is 74.1 Å². The van der Waals surface area contributed by atoms with E-state index in [9.17, 15) is 10.2 Å². The first-order valence-electron chi connectivity index (χ1n) is 17.3. The van der Waals surface area contributed by atoms with Crippen LogP contribution in [0.3, 0.4) is 0 Å². The van der Waals surface area contributed by atoms with Crippen LogP contribution < -0.4 is 15.8 Å². The molecule has 7 rings (SSSR count). The number of benzene rings is 3. The number of aryl methyl sites for hydroxylation is 1. The summed E-state index contributed by atoms with van der Waals surface area (Å²) in [6.45, 7) is 2.53. The van der Waals surface area contributed by atoms with Gasteiger partial charge in [0.1, 0.15) is 12.4 Å². The quantitative estimate of drug-likeness (QED) is 0.186. The number of ether oxygens (including phenoxy) is 2. The van der Waals surface area contributed by atoms with E-state index < -0.39 is 6.10 Å². The third-order valence-electron chi connectivity index (χ3n) is 10.1. The molecule has 1 aromatic heterocycles. The molecule has 4 heterocycles. The summed E-state index contributed by atoms with van der Waals surface area (Å²) in [7, 11) is 0. The molecule has 3 aliphatic rings. The van der Waals surface area contributed by atoms with Crippen LogP contribution in [-0.4, -0.2) is 39.3 Å². The minimum Gasteiger partial charge on any atom is -0.504 e. The van der Waals surface area contributed by atoms with Crippen molar-refractivity contribution in [2.24, 2.45) is 11.7 Å². The average Bonchev–Trinajstić information content (AvgIpc) is 3.51. The van der Waals surface area contributed by atoms with E-state index in [1.807, 2.05) is 24.3 Å². The normalized spacial score (nSPS) is 24.7. The number of phenols is 1. The van der Waals surface area contributed by atoms with Crippen LogP contribution in [0, 0.1) is 5.92 Å². The Morgan fingerprint density at radius 2 is 1.87 bits per heavy atom. The minimum absolute atomic E-state index is 0.0264. The maximum Gasteiger partial charge on any atom is 0.161 e. The standard InChI is InChI=1S/C40H47N3O4/c1-2-3-9-29-12-16-36-33-14-17-39(41)42-40(33)43-23-30-19-28(18-26-7-5-4-6-8-26)20-31(34(30)24-43)25-46-38-21-27(11-15-35(38)45)10-13-32(44)22-37(29)47-36/h4-8,11,14-15,17,19-21,23-24,29,32,36-37,39,42,44-45H,2-3,9-10,12-13,16,18,22,25,41H2,1H3/t29-,32-,36-,37-,39?/m1/s1. The summed E-state index contributed by atoms with van der Waals surface area (Å²) >= 11 is 0. The Morgan fingerprint density at radius 1 is 1.00 bits per heavy atom. The van der Waals surface area contributed by atoms with E-state index in [4.69, 9.17) is 15.2 Å². The van der Waals surface area contributed by atoms with Crippen LogP contribution in [-0.2, 0) is 24.2 Å². The summed E-state index contributed by atoms with van der Waals surface area (Å²) in [5, 5.41) is 27.8. The maximum absolute atomic E-state index is 11.3. The van der Waals surface area contributed by atoms with Crippen LogP contribution >= 0.6 is 0 Å². The van der Waals surface area contributed by atoms with Crippen LogP contribution in [0.5, 0.6) is 11.5 Å². The SMILES string of the molecule is CCCC[C@@H]1CC[C@H]2O[C@@H]1C[C@H](O)CCc1ccc(O)c(c1)OCc1cc(Cc3ccccc3)cc3cn(cc13)C1=C2C=CC(N)N1. The molecule has 0 spiro atoms. The number of hydrogen-bond acceptors (Lipinski definition) is 6. The van der Waals surface area contributed by atoms with Crippen molar-refractivity contribution in [2.75, 3.05) is 0 Å². The molecule has 3 aromatic carbocycles. The molecule has 246 valence electrons. The van der Waals surface area contributed by atoms with Crippen molar-refractivity contribution in [2.45, 2.75) is 95.8 Å². The number of rotatable bonds is 5. The summed E-state index contributed by atoms with van der Waals surface area (Å²) in [6.07, 6.45) is 15.6. The summed E-state index contributed by atoms with van der Waals surface area (Å²) in [6, 6.07) is 20.5. The van der Waals surface area contributed by atoms with E-state index in [0.717, 1.165) is 71.8 Å². The third kappa shape index (κ3) is 7.13. The number of nitrogens with one attached hydrogen (secondary N) is 1. The maximum atomic E-state index is 11.3. The van der Waals surface area contributed by atoms with Crippen LogP contribution in [0.2, 0.25) is 0 Å². The lowest BCUT2D eigenvalue weighted by atomic mass is 9.83. The second-order valence-corrected chi connectivity index (χ2v) is 13.6. The molecule has 1 fully saturated rings. The molecule has 47 heavy (non-hydrogen) atoms. The number of nitrogens with zero attached hydrogens (tertiary/aromatic N) is 1. The van der Waals surface area contributed by atoms with Gasteiger partial charge in [0.25, 0.3) is 0 Å². The Morgan fingerprint density at radius 3 is 2.72 bits per heavy atom. The zero-order valence-corrected chi connectivity index (χ0v) is 27.3. The van der Waals surface area contributed by atoms with E-state index in [1.54, 1.807) is 6.07 Å². The fraction of sp³-hybridized carbons (Fsp3) is 0.400. The second kappa shape index (κ2) is 14.0. The number of phenolic OH excluding ortho intramolecular Hbond substituents is 1. The average molecular weight is 634 g/mol. The summed E-state index contributed by atoms with van der Waals surface area (Å²) in [4.78, 5) is 0. The van der Waals surface area contributed by atoms with Gasteiger partial charge in [-0.15, -0.1) is 0 Å². The predicted octanol–water partition coefficient (Wildman–Crippen LogP) is 7.18. The smallest absolute Gasteiger partial charge is 0.161 e. The lowest BCUT2D eigenvalue weighted by molar-refractivity contribution is -0.0873. The van der Waals surface area contributed by atoms with Crippen molar-refractivity contribution in [1.82, 2.24) is 9.88 Å². The number of aliphatic hydroxyl groups excluding tert-OH is 1. The zero-order chi connectivity index (χ0) is 32.3. The van der Waals surface area contributed by atoms with Gasteiger partial charge in [0.15, 0.2) is 11.5 Å². The minimum atomic E-state index is -0.492. The number of hydrogen-bond donors (Lipinski definition) is 4. The van der Waals surface area contributed by atoms with Crippen molar-refractivity contribution in [3.8, 4) is 11.5 Å². The molecule has 0 saturated carbocycles. The van der Waals surface area contributed by atoms with E-state index in [0.29, 0.717) is 37.5 Å². The van der Waals surface area contributed by atoms with Gasteiger partial charge in [-0.05, 0) is 97.4 Å². The summed E-state index contributed by atoms with van der Waals surface area (Å²) < 4.78 is 15.5. The van der Waals surface area contributed by atoms with Crippen molar-refractivity contribution in [3.05, 3.63) is 113 Å². The summed E-state index contributed by atoms with van der Waals surface area (Å²) in [5.41, 5.74) is 12.0. The highest BCUT2D eigenvalue weighted by molar-refractivity contribution is 5.88. The molecule has 0 amide bonds. The first-order valence-corrected chi connectivity index (χ1v) is 17.3. The predicted molar refractivity (Wildman–Crippen MR) is 187 cm³/mol. The van der Waals surface area contributed by atoms with E-state index in [1.165, 1.54) is 11.1 Å². The molecule has 5 N–H and O–H groups in total. The topological polar surface area (TPSA) is 102 Å². The highest BCUT2D eigenvalue weighted by Crippen LogP contribution is 2.38. The highest BCUT2D eigenvalue weighted by Gasteiger charge is 2.35.